The minimum atomic E-state index is -3.99. The van der Waals surface area contributed by atoms with Gasteiger partial charge in [-0.3, -0.25) is 0 Å². The first-order valence-corrected chi connectivity index (χ1v) is 8.16. The summed E-state index contributed by atoms with van der Waals surface area (Å²) in [6.45, 7) is 1.66. The Kier molecular flexibility index (Phi) is 3.61. The van der Waals surface area contributed by atoms with Gasteiger partial charge in [0.2, 0.25) is 0 Å². The molecule has 0 saturated carbocycles. The van der Waals surface area contributed by atoms with Gasteiger partial charge >= 0.3 is 13.2 Å². The summed E-state index contributed by atoms with van der Waals surface area (Å²) in [4.78, 5) is 21.6. The zero-order valence-corrected chi connectivity index (χ0v) is 12.6. The van der Waals surface area contributed by atoms with E-state index in [0.717, 1.165) is 5.39 Å². The van der Waals surface area contributed by atoms with Crippen molar-refractivity contribution in [2.75, 3.05) is 0 Å². The highest BCUT2D eigenvalue weighted by Gasteiger charge is 2.24. The lowest BCUT2D eigenvalue weighted by molar-refractivity contribution is 0.393. The van der Waals surface area contributed by atoms with E-state index in [1.807, 2.05) is 0 Å². The number of rotatable bonds is 3. The highest BCUT2D eigenvalue weighted by atomic mass is 31.2. The Bertz CT molecular complexity index is 930. The minimum absolute atomic E-state index is 0.161. The highest BCUT2D eigenvalue weighted by molar-refractivity contribution is 7.61. The topological polar surface area (TPSA) is 76.7 Å². The van der Waals surface area contributed by atoms with Gasteiger partial charge in [0.25, 0.3) is 0 Å². The summed E-state index contributed by atoms with van der Waals surface area (Å²) >= 11 is 0. The summed E-state index contributed by atoms with van der Waals surface area (Å²) in [6, 6.07) is 14.5. The first-order valence-electron chi connectivity index (χ1n) is 6.58. The van der Waals surface area contributed by atoms with Crippen LogP contribution in [0.15, 0.2) is 63.8 Å². The van der Waals surface area contributed by atoms with Crippen LogP contribution in [0, 0.1) is 6.92 Å². The Morgan fingerprint density at radius 1 is 1.09 bits per heavy atom. The maximum Gasteiger partial charge on any atom is 0.408 e. The molecular weight excluding hydrogens is 303 g/mol. The molecule has 5 nitrogen and oxygen atoms in total. The molecule has 0 aliphatic rings. The third-order valence-electron chi connectivity index (χ3n) is 3.19. The fourth-order valence-corrected chi connectivity index (χ4v) is 3.12. The molecule has 0 aliphatic carbocycles. The van der Waals surface area contributed by atoms with E-state index >= 15 is 0 Å². The van der Waals surface area contributed by atoms with Crippen molar-refractivity contribution < 1.29 is 18.4 Å². The van der Waals surface area contributed by atoms with E-state index in [4.69, 9.17) is 8.94 Å². The first-order chi connectivity index (χ1) is 10.5. The van der Waals surface area contributed by atoms with Gasteiger partial charge in [-0.25, -0.2) is 9.36 Å². The predicted molar refractivity (Wildman–Crippen MR) is 83.8 cm³/mol. The molecule has 0 aliphatic heterocycles. The van der Waals surface area contributed by atoms with Crippen molar-refractivity contribution in [3.8, 4) is 5.75 Å². The van der Waals surface area contributed by atoms with Gasteiger partial charge in [0, 0.05) is 17.0 Å². The summed E-state index contributed by atoms with van der Waals surface area (Å²) in [7, 11) is -3.99. The molecule has 112 valence electrons. The number of fused-ring (bicyclic) bond motifs is 1. The van der Waals surface area contributed by atoms with Crippen molar-refractivity contribution in [1.29, 1.82) is 0 Å². The summed E-state index contributed by atoms with van der Waals surface area (Å²) in [5, 5.41) is 0.914. The molecule has 22 heavy (non-hydrogen) atoms. The molecule has 0 spiro atoms. The second-order valence-corrected chi connectivity index (χ2v) is 6.60. The summed E-state index contributed by atoms with van der Waals surface area (Å²) < 4.78 is 22.6. The Balaban J connectivity index is 1.99. The lowest BCUT2D eigenvalue weighted by atomic mass is 10.2. The van der Waals surface area contributed by atoms with Crippen LogP contribution in [0.3, 0.4) is 0 Å². The van der Waals surface area contributed by atoms with Gasteiger partial charge in [-0.1, -0.05) is 18.2 Å². The zero-order chi connectivity index (χ0) is 15.7. The number of hydrogen-bond donors (Lipinski definition) is 1. The monoisotopic (exact) mass is 316 g/mol. The normalized spacial score (nSPS) is 13.7. The van der Waals surface area contributed by atoms with E-state index in [-0.39, 0.29) is 11.1 Å². The lowest BCUT2D eigenvalue weighted by Crippen LogP contribution is -2.08. The number of benzene rings is 2. The van der Waals surface area contributed by atoms with E-state index in [2.05, 4.69) is 0 Å². The van der Waals surface area contributed by atoms with E-state index in [0.29, 0.717) is 11.1 Å². The Morgan fingerprint density at radius 2 is 1.82 bits per heavy atom. The molecule has 1 aromatic heterocycles. The standard InChI is InChI=1S/C16H13O5P/c1-11-9-12-7-8-13(10-15(12)20-16(11)17)21-22(18,19)14-5-3-2-4-6-14/h2-10H,1H3,(H,18,19). The van der Waals surface area contributed by atoms with Crippen molar-refractivity contribution >= 4 is 23.9 Å². The summed E-state index contributed by atoms with van der Waals surface area (Å²) in [6.07, 6.45) is 0. The zero-order valence-electron chi connectivity index (χ0n) is 11.7. The van der Waals surface area contributed by atoms with E-state index in [1.54, 1.807) is 43.3 Å². The SMILES string of the molecule is Cc1cc2ccc(OP(=O)(O)c3ccccc3)cc2oc1=O. The first kappa shape index (κ1) is 14.6. The van der Waals surface area contributed by atoms with Gasteiger partial charge in [0.15, 0.2) is 0 Å². The molecule has 0 bridgehead atoms. The van der Waals surface area contributed by atoms with Crippen molar-refractivity contribution in [1.82, 2.24) is 0 Å². The smallest absolute Gasteiger partial charge is 0.408 e. The molecule has 1 unspecified atom stereocenters. The maximum absolute atomic E-state index is 12.3. The van der Waals surface area contributed by atoms with Gasteiger partial charge in [-0.15, -0.1) is 0 Å². The highest BCUT2D eigenvalue weighted by Crippen LogP contribution is 2.41. The largest absolute Gasteiger partial charge is 0.422 e. The van der Waals surface area contributed by atoms with Crippen LogP contribution < -0.4 is 15.5 Å². The maximum atomic E-state index is 12.3. The molecule has 6 heteroatoms. The Labute approximate surface area is 126 Å². The molecule has 3 aromatic rings. The third kappa shape index (κ3) is 2.82. The minimum Gasteiger partial charge on any atom is -0.422 e. The van der Waals surface area contributed by atoms with Crippen LogP contribution in [0.25, 0.3) is 11.0 Å². The average Bonchev–Trinajstić information content (AvgIpc) is 2.49. The van der Waals surface area contributed by atoms with Crippen molar-refractivity contribution in [2.45, 2.75) is 6.92 Å². The molecule has 3 rings (SSSR count). The second kappa shape index (κ2) is 5.44. The second-order valence-electron chi connectivity index (χ2n) is 4.86. The Hall–Kier alpha value is -2.36. The van der Waals surface area contributed by atoms with Crippen molar-refractivity contribution in [2.24, 2.45) is 0 Å². The Morgan fingerprint density at radius 3 is 2.55 bits per heavy atom. The predicted octanol–water partition coefficient (Wildman–Crippen LogP) is 2.99. The van der Waals surface area contributed by atoms with Crippen LogP contribution in [0.4, 0.5) is 0 Å². The van der Waals surface area contributed by atoms with Gasteiger partial charge in [-0.2, -0.15) is 0 Å². The van der Waals surface area contributed by atoms with Crippen LogP contribution in [0.5, 0.6) is 5.75 Å². The van der Waals surface area contributed by atoms with Gasteiger partial charge in [0.1, 0.15) is 11.3 Å². The van der Waals surface area contributed by atoms with E-state index in [9.17, 15) is 14.3 Å². The van der Waals surface area contributed by atoms with Gasteiger partial charge in [-0.05, 0) is 37.3 Å². The number of aryl methyl sites for hydroxylation is 1. The molecule has 0 fully saturated rings. The molecule has 0 amide bonds. The summed E-state index contributed by atoms with van der Waals surface area (Å²) in [5.74, 6) is 0.161. The molecular formula is C16H13O5P. The van der Waals surface area contributed by atoms with Crippen LogP contribution >= 0.6 is 7.60 Å². The molecule has 2 aromatic carbocycles. The van der Waals surface area contributed by atoms with Gasteiger partial charge < -0.3 is 13.8 Å². The molecule has 1 heterocycles. The van der Waals surface area contributed by atoms with Crippen molar-refractivity contribution in [3.05, 3.63) is 70.6 Å². The van der Waals surface area contributed by atoms with E-state index in [1.165, 1.54) is 18.2 Å². The molecule has 0 radical (unpaired) electrons. The van der Waals surface area contributed by atoms with Crippen LogP contribution in [0.1, 0.15) is 5.56 Å². The average molecular weight is 316 g/mol. The molecule has 1 N–H and O–H groups in total. The summed E-state index contributed by atoms with van der Waals surface area (Å²) in [5.41, 5.74) is 0.360. The van der Waals surface area contributed by atoms with Crippen LogP contribution in [-0.4, -0.2) is 4.89 Å². The fourth-order valence-electron chi connectivity index (χ4n) is 2.06. The molecule has 0 saturated heterocycles. The quantitative estimate of drug-likeness (QED) is 0.594. The number of hydrogen-bond acceptors (Lipinski definition) is 4. The van der Waals surface area contributed by atoms with Crippen LogP contribution in [-0.2, 0) is 4.57 Å². The third-order valence-corrected chi connectivity index (χ3v) is 4.60. The van der Waals surface area contributed by atoms with Crippen molar-refractivity contribution in [3.63, 3.8) is 0 Å². The molecule has 1 atom stereocenters. The van der Waals surface area contributed by atoms with Gasteiger partial charge in [0.05, 0.1) is 5.30 Å². The van der Waals surface area contributed by atoms with E-state index < -0.39 is 13.2 Å². The fraction of sp³-hybridized carbons (Fsp3) is 0.0625. The van der Waals surface area contributed by atoms with Crippen LogP contribution in [0.2, 0.25) is 0 Å². The lowest BCUT2D eigenvalue weighted by Gasteiger charge is -2.13.